The smallest absolute Gasteiger partial charge is 0.255 e. The van der Waals surface area contributed by atoms with E-state index in [9.17, 15) is 4.79 Å². The van der Waals surface area contributed by atoms with Crippen molar-refractivity contribution in [1.29, 1.82) is 0 Å². The fourth-order valence-corrected chi connectivity index (χ4v) is 1.39. The fourth-order valence-electron chi connectivity index (χ4n) is 1.39. The highest BCUT2D eigenvalue weighted by Gasteiger charge is 2.07. The van der Waals surface area contributed by atoms with E-state index in [1.54, 1.807) is 0 Å². The number of nitrogens with one attached hydrogen (secondary N) is 1. The van der Waals surface area contributed by atoms with Gasteiger partial charge in [-0.15, -0.1) is 0 Å². The highest BCUT2D eigenvalue weighted by atomic mass is 16.1. The van der Waals surface area contributed by atoms with Crippen LogP contribution in [-0.2, 0) is 13.0 Å². The summed E-state index contributed by atoms with van der Waals surface area (Å²) in [6, 6.07) is 0. The van der Waals surface area contributed by atoms with Gasteiger partial charge in [-0.3, -0.25) is 4.79 Å². The van der Waals surface area contributed by atoms with Crippen LogP contribution >= 0.6 is 0 Å². The summed E-state index contributed by atoms with van der Waals surface area (Å²) in [5.41, 5.74) is 6.67. The third-order valence-corrected chi connectivity index (χ3v) is 2.08. The van der Waals surface area contributed by atoms with Crippen LogP contribution in [0.25, 0.3) is 0 Å². The van der Waals surface area contributed by atoms with Crippen molar-refractivity contribution in [2.45, 2.75) is 33.7 Å². The zero-order valence-corrected chi connectivity index (χ0v) is 8.92. The molecule has 1 aromatic heterocycles. The molecular formula is C10H17N3O. The molecule has 0 spiro atoms. The van der Waals surface area contributed by atoms with E-state index >= 15 is 0 Å². The number of hydrogen-bond donors (Lipinski definition) is 2. The highest BCUT2D eigenvalue weighted by molar-refractivity contribution is 5.16. The lowest BCUT2D eigenvalue weighted by Crippen LogP contribution is -2.22. The first-order valence-corrected chi connectivity index (χ1v) is 4.83. The van der Waals surface area contributed by atoms with Crippen LogP contribution in [-0.4, -0.2) is 9.97 Å². The molecule has 0 saturated heterocycles. The monoisotopic (exact) mass is 195 g/mol. The van der Waals surface area contributed by atoms with Gasteiger partial charge < -0.3 is 10.7 Å². The van der Waals surface area contributed by atoms with E-state index in [1.807, 2.05) is 6.92 Å². The predicted molar refractivity (Wildman–Crippen MR) is 56.0 cm³/mol. The Morgan fingerprint density at radius 2 is 2.14 bits per heavy atom. The molecule has 0 atom stereocenters. The van der Waals surface area contributed by atoms with Gasteiger partial charge in [0.15, 0.2) is 0 Å². The predicted octanol–water partition coefficient (Wildman–Crippen LogP) is 0.736. The van der Waals surface area contributed by atoms with Gasteiger partial charge in [0.2, 0.25) is 0 Å². The first-order valence-electron chi connectivity index (χ1n) is 4.83. The van der Waals surface area contributed by atoms with Gasteiger partial charge in [0, 0.05) is 18.7 Å². The molecule has 0 aromatic carbocycles. The van der Waals surface area contributed by atoms with E-state index < -0.39 is 0 Å². The summed E-state index contributed by atoms with van der Waals surface area (Å²) in [6.45, 7) is 6.25. The molecular weight excluding hydrogens is 178 g/mol. The van der Waals surface area contributed by atoms with Crippen LogP contribution < -0.4 is 11.3 Å². The molecule has 4 nitrogen and oxygen atoms in total. The molecule has 0 fully saturated rings. The van der Waals surface area contributed by atoms with E-state index in [0.717, 1.165) is 17.9 Å². The largest absolute Gasteiger partial charge is 0.326 e. The quantitative estimate of drug-likeness (QED) is 0.747. The summed E-state index contributed by atoms with van der Waals surface area (Å²) >= 11 is 0. The van der Waals surface area contributed by atoms with E-state index in [1.165, 1.54) is 0 Å². The summed E-state index contributed by atoms with van der Waals surface area (Å²) in [7, 11) is 0. The number of rotatable bonds is 3. The zero-order chi connectivity index (χ0) is 10.7. The topological polar surface area (TPSA) is 71.8 Å². The Hall–Kier alpha value is -1.16. The Morgan fingerprint density at radius 3 is 2.57 bits per heavy atom. The van der Waals surface area contributed by atoms with Gasteiger partial charge in [0.1, 0.15) is 5.82 Å². The van der Waals surface area contributed by atoms with Gasteiger partial charge in [-0.2, -0.15) is 0 Å². The maximum atomic E-state index is 11.5. The average molecular weight is 195 g/mol. The van der Waals surface area contributed by atoms with Gasteiger partial charge in [0.05, 0.1) is 5.56 Å². The standard InChI is InChI=1S/C10H17N3O/c1-6(2)4-9-12-7(3)8(5-11)10(14)13-9/h6H,4-5,11H2,1-3H3,(H,12,13,14). The Kier molecular flexibility index (Phi) is 3.41. The minimum atomic E-state index is -0.101. The summed E-state index contributed by atoms with van der Waals surface area (Å²) in [6.07, 6.45) is 0.793. The maximum absolute atomic E-state index is 11.5. The van der Waals surface area contributed by atoms with Crippen LogP contribution in [0.3, 0.4) is 0 Å². The first kappa shape index (κ1) is 10.9. The highest BCUT2D eigenvalue weighted by Crippen LogP contribution is 2.03. The summed E-state index contributed by atoms with van der Waals surface area (Å²) in [4.78, 5) is 18.6. The van der Waals surface area contributed by atoms with Crippen LogP contribution in [0.15, 0.2) is 4.79 Å². The average Bonchev–Trinajstić information content (AvgIpc) is 2.01. The SMILES string of the molecule is Cc1nc(CC(C)C)[nH]c(=O)c1CN. The molecule has 0 bridgehead atoms. The minimum absolute atomic E-state index is 0.101. The summed E-state index contributed by atoms with van der Waals surface area (Å²) in [5.74, 6) is 1.24. The van der Waals surface area contributed by atoms with E-state index in [4.69, 9.17) is 5.73 Å². The molecule has 0 unspecified atom stereocenters. The van der Waals surface area contributed by atoms with E-state index in [-0.39, 0.29) is 12.1 Å². The molecule has 3 N–H and O–H groups in total. The molecule has 0 radical (unpaired) electrons. The molecule has 1 aromatic rings. The molecule has 0 saturated carbocycles. The minimum Gasteiger partial charge on any atom is -0.326 e. The zero-order valence-electron chi connectivity index (χ0n) is 8.92. The van der Waals surface area contributed by atoms with Crippen LogP contribution in [0.5, 0.6) is 0 Å². The second kappa shape index (κ2) is 4.37. The molecule has 0 amide bonds. The van der Waals surface area contributed by atoms with Crippen LogP contribution in [0.2, 0.25) is 0 Å². The van der Waals surface area contributed by atoms with Gasteiger partial charge >= 0.3 is 0 Å². The van der Waals surface area contributed by atoms with Crippen molar-refractivity contribution in [2.75, 3.05) is 0 Å². The summed E-state index contributed by atoms with van der Waals surface area (Å²) in [5, 5.41) is 0. The molecule has 78 valence electrons. The first-order chi connectivity index (χ1) is 6.54. The molecule has 4 heteroatoms. The van der Waals surface area contributed by atoms with Crippen molar-refractivity contribution in [1.82, 2.24) is 9.97 Å². The van der Waals surface area contributed by atoms with Gasteiger partial charge in [-0.05, 0) is 12.8 Å². The lowest BCUT2D eigenvalue weighted by molar-refractivity contribution is 0.615. The van der Waals surface area contributed by atoms with Gasteiger partial charge in [-0.25, -0.2) is 4.98 Å². The number of aryl methyl sites for hydroxylation is 1. The maximum Gasteiger partial charge on any atom is 0.255 e. The molecule has 0 aliphatic heterocycles. The Morgan fingerprint density at radius 1 is 1.50 bits per heavy atom. The van der Waals surface area contributed by atoms with Crippen molar-refractivity contribution in [3.63, 3.8) is 0 Å². The molecule has 0 aliphatic carbocycles. The van der Waals surface area contributed by atoms with Crippen molar-refractivity contribution in [2.24, 2.45) is 11.7 Å². The molecule has 1 heterocycles. The molecule has 1 rings (SSSR count). The Bertz CT molecular complexity index is 368. The number of nitrogens with two attached hydrogens (primary N) is 1. The van der Waals surface area contributed by atoms with Crippen LogP contribution in [0, 0.1) is 12.8 Å². The van der Waals surface area contributed by atoms with E-state index in [2.05, 4.69) is 23.8 Å². The number of hydrogen-bond acceptors (Lipinski definition) is 3. The van der Waals surface area contributed by atoms with E-state index in [0.29, 0.717) is 11.5 Å². The number of aromatic amines is 1. The van der Waals surface area contributed by atoms with Crippen LogP contribution in [0.4, 0.5) is 0 Å². The molecule has 14 heavy (non-hydrogen) atoms. The van der Waals surface area contributed by atoms with Crippen molar-refractivity contribution < 1.29 is 0 Å². The third-order valence-electron chi connectivity index (χ3n) is 2.08. The second-order valence-electron chi connectivity index (χ2n) is 3.88. The van der Waals surface area contributed by atoms with Gasteiger partial charge in [-0.1, -0.05) is 13.8 Å². The van der Waals surface area contributed by atoms with Crippen molar-refractivity contribution in [3.05, 3.63) is 27.4 Å². The lowest BCUT2D eigenvalue weighted by Gasteiger charge is -2.07. The second-order valence-corrected chi connectivity index (χ2v) is 3.88. The number of H-pyrrole nitrogens is 1. The summed E-state index contributed by atoms with van der Waals surface area (Å²) < 4.78 is 0. The third kappa shape index (κ3) is 2.42. The Balaban J connectivity index is 3.08. The van der Waals surface area contributed by atoms with Crippen molar-refractivity contribution in [3.8, 4) is 0 Å². The van der Waals surface area contributed by atoms with Crippen LogP contribution in [0.1, 0.15) is 30.9 Å². The van der Waals surface area contributed by atoms with Crippen molar-refractivity contribution >= 4 is 0 Å². The van der Waals surface area contributed by atoms with Gasteiger partial charge in [0.25, 0.3) is 5.56 Å². The molecule has 0 aliphatic rings. The lowest BCUT2D eigenvalue weighted by atomic mass is 10.1. The normalized spacial score (nSPS) is 10.9. The number of nitrogens with zero attached hydrogens (tertiary/aromatic N) is 1. The Labute approximate surface area is 83.6 Å². The number of aromatic nitrogens is 2. The fraction of sp³-hybridized carbons (Fsp3) is 0.600.